The van der Waals surface area contributed by atoms with Crippen molar-refractivity contribution in [3.8, 4) is 17.1 Å². The van der Waals surface area contributed by atoms with Crippen molar-refractivity contribution in [2.45, 2.75) is 23.8 Å². The average molecular weight is 620 g/mol. The van der Waals surface area contributed by atoms with E-state index in [1.807, 2.05) is 11.8 Å². The highest BCUT2D eigenvalue weighted by Gasteiger charge is 2.33. The van der Waals surface area contributed by atoms with Crippen LogP contribution in [0.5, 0.6) is 0 Å². The summed E-state index contributed by atoms with van der Waals surface area (Å²) in [7, 11) is -3.86. The molecule has 2 saturated heterocycles. The molecule has 4 aromatic rings. The number of para-hydroxylation sites is 1. The van der Waals surface area contributed by atoms with Crippen LogP contribution in [-0.4, -0.2) is 83.9 Å². The highest BCUT2D eigenvalue weighted by molar-refractivity contribution is 7.90. The Labute approximate surface area is 252 Å². The minimum atomic E-state index is -3.86. The SMILES string of the molecule is C=CC(=O)N1CCN(c2nc(=O)n(-c3c(C4COC4)cccc3S(C)(=O)=O)c3nc(-c4ncccc4N)c(F)cc23)[C@@H](C)C1. The van der Waals surface area contributed by atoms with Gasteiger partial charge in [-0.05, 0) is 42.8 Å². The topological polar surface area (TPSA) is 154 Å². The van der Waals surface area contributed by atoms with Gasteiger partial charge in [0.15, 0.2) is 21.3 Å². The van der Waals surface area contributed by atoms with Crippen molar-refractivity contribution >= 4 is 38.3 Å². The summed E-state index contributed by atoms with van der Waals surface area (Å²) in [6.07, 6.45) is 3.74. The van der Waals surface area contributed by atoms with Crippen LogP contribution in [0.1, 0.15) is 18.4 Å². The number of hydrogen-bond acceptors (Lipinski definition) is 10. The Balaban J connectivity index is 1.67. The van der Waals surface area contributed by atoms with E-state index in [1.165, 1.54) is 24.4 Å². The second-order valence-electron chi connectivity index (χ2n) is 10.9. The molecule has 0 saturated carbocycles. The molecule has 1 amide bonds. The van der Waals surface area contributed by atoms with Crippen molar-refractivity contribution in [3.05, 3.63) is 77.1 Å². The molecule has 2 fully saturated rings. The van der Waals surface area contributed by atoms with Crippen molar-refractivity contribution in [2.24, 2.45) is 0 Å². The van der Waals surface area contributed by atoms with Gasteiger partial charge in [0.1, 0.15) is 17.2 Å². The smallest absolute Gasteiger partial charge is 0.355 e. The number of hydrogen-bond donors (Lipinski definition) is 1. The Kier molecular flexibility index (Phi) is 7.41. The maximum atomic E-state index is 15.9. The second-order valence-corrected chi connectivity index (χ2v) is 12.9. The van der Waals surface area contributed by atoms with Crippen LogP contribution in [0, 0.1) is 5.82 Å². The van der Waals surface area contributed by atoms with Crippen LogP contribution in [0.3, 0.4) is 0 Å². The molecule has 6 rings (SSSR count). The largest absolute Gasteiger partial charge is 0.397 e. The van der Waals surface area contributed by atoms with Crippen molar-refractivity contribution in [1.82, 2.24) is 24.4 Å². The number of sulfone groups is 1. The summed E-state index contributed by atoms with van der Waals surface area (Å²) in [6, 6.07) is 8.83. The number of nitrogen functional groups attached to an aromatic ring is 1. The number of amides is 1. The van der Waals surface area contributed by atoms with Crippen molar-refractivity contribution in [2.75, 3.05) is 49.7 Å². The van der Waals surface area contributed by atoms with Crippen LogP contribution < -0.4 is 16.3 Å². The summed E-state index contributed by atoms with van der Waals surface area (Å²) in [5.74, 6) is -1.000. The number of pyridine rings is 2. The lowest BCUT2D eigenvalue weighted by molar-refractivity contribution is -0.126. The van der Waals surface area contributed by atoms with E-state index in [9.17, 15) is 18.0 Å². The maximum Gasteiger partial charge on any atom is 0.355 e. The van der Waals surface area contributed by atoms with E-state index in [0.717, 1.165) is 10.8 Å². The zero-order valence-electron chi connectivity index (χ0n) is 24.1. The van der Waals surface area contributed by atoms with Crippen LogP contribution in [-0.2, 0) is 19.4 Å². The number of ether oxygens (including phenoxy) is 1. The minimum Gasteiger partial charge on any atom is -0.397 e. The average Bonchev–Trinajstić information content (AvgIpc) is 2.95. The lowest BCUT2D eigenvalue weighted by Crippen LogP contribution is -2.54. The lowest BCUT2D eigenvalue weighted by atomic mass is 9.95. The summed E-state index contributed by atoms with van der Waals surface area (Å²) in [5, 5.41) is 0.176. The fourth-order valence-corrected chi connectivity index (χ4v) is 6.62. The molecule has 2 N–H and O–H groups in total. The molecule has 0 spiro atoms. The first-order valence-electron chi connectivity index (χ1n) is 13.9. The van der Waals surface area contributed by atoms with Crippen LogP contribution in [0.15, 0.2) is 64.9 Å². The molecule has 0 bridgehead atoms. The number of halogens is 1. The Morgan fingerprint density at radius 1 is 1.16 bits per heavy atom. The molecular weight excluding hydrogens is 589 g/mol. The van der Waals surface area contributed by atoms with Gasteiger partial charge in [-0.1, -0.05) is 18.7 Å². The highest BCUT2D eigenvalue weighted by Crippen LogP contribution is 2.37. The van der Waals surface area contributed by atoms with E-state index in [4.69, 9.17) is 10.5 Å². The monoisotopic (exact) mass is 619 g/mol. The maximum absolute atomic E-state index is 15.9. The minimum absolute atomic E-state index is 0.0177. The van der Waals surface area contributed by atoms with E-state index in [-0.39, 0.29) is 62.4 Å². The summed E-state index contributed by atoms with van der Waals surface area (Å²) in [4.78, 5) is 43.0. The molecule has 0 aliphatic carbocycles. The lowest BCUT2D eigenvalue weighted by Gasteiger charge is -2.40. The highest BCUT2D eigenvalue weighted by atomic mass is 32.2. The molecule has 2 aliphatic rings. The predicted octanol–water partition coefficient (Wildman–Crippen LogP) is 2.30. The molecule has 5 heterocycles. The first-order chi connectivity index (χ1) is 21.0. The van der Waals surface area contributed by atoms with Gasteiger partial charge in [-0.3, -0.25) is 9.78 Å². The zero-order valence-corrected chi connectivity index (χ0v) is 24.9. The molecule has 0 unspecified atom stereocenters. The number of fused-ring (bicyclic) bond motifs is 1. The van der Waals surface area contributed by atoms with Crippen LogP contribution in [0.4, 0.5) is 15.9 Å². The standard InChI is InChI=1S/C30H30FN7O5S/c1-4-24(39)36-11-12-37(17(2)14-36)28-20-13-21(31)25(26-22(32)8-6-10-33-26)34-29(20)38(30(40)35-28)27-19(18-15-43-16-18)7-5-9-23(27)44(3,41)42/h4-10,13,17-18H,1,11-12,14-16,32H2,2-3H3/t17-/m0/s1. The van der Waals surface area contributed by atoms with Crippen molar-refractivity contribution < 1.29 is 22.3 Å². The molecular formula is C30H30FN7O5S. The molecule has 1 atom stereocenters. The zero-order chi connectivity index (χ0) is 31.3. The number of carbonyl (C=O) groups is 1. The van der Waals surface area contributed by atoms with E-state index in [2.05, 4.69) is 21.5 Å². The van der Waals surface area contributed by atoms with Crippen molar-refractivity contribution in [1.29, 1.82) is 0 Å². The molecule has 3 aromatic heterocycles. The first-order valence-corrected chi connectivity index (χ1v) is 15.8. The summed E-state index contributed by atoms with van der Waals surface area (Å²) in [6.45, 7) is 7.03. The quantitative estimate of drug-likeness (QED) is 0.318. The Bertz CT molecular complexity index is 1990. The number of nitrogens with zero attached hydrogens (tertiary/aromatic N) is 6. The number of piperazine rings is 1. The van der Waals surface area contributed by atoms with Gasteiger partial charge in [-0.15, -0.1) is 0 Å². The number of aromatic nitrogens is 4. The van der Waals surface area contributed by atoms with Gasteiger partial charge in [0.05, 0.1) is 34.9 Å². The Hall–Kier alpha value is -4.69. The van der Waals surface area contributed by atoms with Gasteiger partial charge in [0, 0.05) is 44.0 Å². The third-order valence-corrected chi connectivity index (χ3v) is 9.11. The number of carbonyl (C=O) groups excluding carboxylic acids is 1. The van der Waals surface area contributed by atoms with Crippen molar-refractivity contribution in [3.63, 3.8) is 0 Å². The van der Waals surface area contributed by atoms with Gasteiger partial charge in [0.2, 0.25) is 5.91 Å². The number of benzene rings is 1. The molecule has 14 heteroatoms. The van der Waals surface area contributed by atoms with Gasteiger partial charge >= 0.3 is 5.69 Å². The predicted molar refractivity (Wildman–Crippen MR) is 163 cm³/mol. The third kappa shape index (κ3) is 4.99. The Morgan fingerprint density at radius 3 is 2.57 bits per heavy atom. The first kappa shape index (κ1) is 29.4. The van der Waals surface area contributed by atoms with E-state index in [1.54, 1.807) is 29.2 Å². The van der Waals surface area contributed by atoms with E-state index < -0.39 is 21.3 Å². The van der Waals surface area contributed by atoms with Gasteiger partial charge < -0.3 is 20.3 Å². The summed E-state index contributed by atoms with van der Waals surface area (Å²) >= 11 is 0. The Morgan fingerprint density at radius 2 is 1.93 bits per heavy atom. The van der Waals surface area contributed by atoms with Gasteiger partial charge in [-0.25, -0.2) is 27.2 Å². The second kappa shape index (κ2) is 11.1. The normalized spacial score (nSPS) is 17.5. The molecule has 12 nitrogen and oxygen atoms in total. The van der Waals surface area contributed by atoms with E-state index in [0.29, 0.717) is 38.4 Å². The molecule has 0 radical (unpaired) electrons. The number of nitrogens with two attached hydrogens (primary N) is 1. The molecule has 44 heavy (non-hydrogen) atoms. The van der Waals surface area contributed by atoms with E-state index >= 15 is 4.39 Å². The summed E-state index contributed by atoms with van der Waals surface area (Å²) < 4.78 is 48.7. The fourth-order valence-electron chi connectivity index (χ4n) is 5.73. The summed E-state index contributed by atoms with van der Waals surface area (Å²) in [5.41, 5.74) is 6.00. The molecule has 228 valence electrons. The number of rotatable bonds is 6. The van der Waals surface area contributed by atoms with Gasteiger partial charge in [-0.2, -0.15) is 4.98 Å². The van der Waals surface area contributed by atoms with Gasteiger partial charge in [0.25, 0.3) is 0 Å². The van der Waals surface area contributed by atoms with Crippen LogP contribution >= 0.6 is 0 Å². The number of anilines is 2. The van der Waals surface area contributed by atoms with Crippen LogP contribution in [0.2, 0.25) is 0 Å². The fraction of sp³-hybridized carbons (Fsp3) is 0.300. The molecule has 1 aromatic carbocycles. The third-order valence-electron chi connectivity index (χ3n) is 7.98. The van der Waals surface area contributed by atoms with Crippen LogP contribution in [0.25, 0.3) is 28.1 Å². The molecule has 2 aliphatic heterocycles.